The lowest BCUT2D eigenvalue weighted by atomic mass is 10.1. The second-order valence-corrected chi connectivity index (χ2v) is 10.8. The molecule has 0 atom stereocenters. The number of aryl methyl sites for hydroxylation is 1. The van der Waals surface area contributed by atoms with Gasteiger partial charge in [0.2, 0.25) is 0 Å². The molecule has 0 unspecified atom stereocenters. The van der Waals surface area contributed by atoms with E-state index in [0.717, 1.165) is 63.2 Å². The number of nitrogens with one attached hydrogen (secondary N) is 3. The van der Waals surface area contributed by atoms with Crippen molar-refractivity contribution >= 4 is 23.3 Å². The molecule has 1 saturated heterocycles. The molecule has 9 nitrogen and oxygen atoms in total. The summed E-state index contributed by atoms with van der Waals surface area (Å²) in [6.45, 7) is 9.73. The van der Waals surface area contributed by atoms with E-state index < -0.39 is 0 Å². The van der Waals surface area contributed by atoms with Crippen LogP contribution in [0.5, 0.6) is 17.2 Å². The number of rotatable bonds is 13. The third-order valence-corrected chi connectivity index (χ3v) is 7.66. The fourth-order valence-corrected chi connectivity index (χ4v) is 4.97. The highest BCUT2D eigenvalue weighted by Gasteiger charge is 2.20. The average Bonchev–Trinajstić information content (AvgIpc) is 3.02. The van der Waals surface area contributed by atoms with Crippen LogP contribution in [0.1, 0.15) is 55.5 Å². The Morgan fingerprint density at radius 2 is 1.53 bits per heavy atom. The molecule has 1 aliphatic rings. The van der Waals surface area contributed by atoms with Crippen molar-refractivity contribution in [1.82, 2.24) is 10.2 Å². The van der Waals surface area contributed by atoms with Crippen molar-refractivity contribution in [1.29, 1.82) is 0 Å². The van der Waals surface area contributed by atoms with E-state index in [-0.39, 0.29) is 24.1 Å². The first kappa shape index (κ1) is 31.8. The fraction of sp³-hybridized carbons (Fsp3) is 0.412. The van der Waals surface area contributed by atoms with Gasteiger partial charge in [0.05, 0.1) is 6.61 Å². The van der Waals surface area contributed by atoms with Gasteiger partial charge in [-0.3, -0.25) is 4.79 Å². The maximum absolute atomic E-state index is 12.9. The molecule has 0 spiro atoms. The molecule has 230 valence electrons. The molecule has 1 aliphatic heterocycles. The Kier molecular flexibility index (Phi) is 11.8. The van der Waals surface area contributed by atoms with Crippen LogP contribution in [0.25, 0.3) is 0 Å². The van der Waals surface area contributed by atoms with E-state index in [1.807, 2.05) is 51.1 Å². The van der Waals surface area contributed by atoms with Gasteiger partial charge in [0, 0.05) is 49.7 Å². The molecule has 43 heavy (non-hydrogen) atoms. The van der Waals surface area contributed by atoms with Gasteiger partial charge in [-0.25, -0.2) is 4.79 Å². The van der Waals surface area contributed by atoms with E-state index in [2.05, 4.69) is 20.9 Å². The number of amides is 3. The molecule has 9 heteroatoms. The molecule has 4 rings (SSSR count). The van der Waals surface area contributed by atoms with Gasteiger partial charge in [0.15, 0.2) is 0 Å². The zero-order valence-electron chi connectivity index (χ0n) is 25.7. The van der Waals surface area contributed by atoms with Gasteiger partial charge in [-0.2, -0.15) is 0 Å². The second kappa shape index (κ2) is 16.0. The zero-order valence-corrected chi connectivity index (χ0v) is 25.7. The number of ether oxygens (including phenoxy) is 3. The predicted octanol–water partition coefficient (Wildman–Crippen LogP) is 6.84. The normalized spacial score (nSPS) is 13.9. The van der Waals surface area contributed by atoms with Crippen LogP contribution in [-0.2, 0) is 4.74 Å². The number of carbonyl (C=O) groups excluding carboxylic acids is 2. The molecule has 1 heterocycles. The largest absolute Gasteiger partial charge is 0.490 e. The molecular formula is C34H44N4O5. The Labute approximate surface area is 254 Å². The van der Waals surface area contributed by atoms with Crippen LogP contribution in [0.3, 0.4) is 0 Å². The van der Waals surface area contributed by atoms with E-state index in [0.29, 0.717) is 28.4 Å². The highest BCUT2D eigenvalue weighted by molar-refractivity contribution is 6.04. The van der Waals surface area contributed by atoms with Crippen molar-refractivity contribution in [2.24, 2.45) is 0 Å². The summed E-state index contributed by atoms with van der Waals surface area (Å²) < 4.78 is 17.4. The van der Waals surface area contributed by atoms with Gasteiger partial charge in [-0.05, 0) is 105 Å². The number of anilines is 2. The summed E-state index contributed by atoms with van der Waals surface area (Å²) in [7, 11) is 1.73. The van der Waals surface area contributed by atoms with E-state index >= 15 is 0 Å². The van der Waals surface area contributed by atoms with Gasteiger partial charge in [0.25, 0.3) is 5.91 Å². The summed E-state index contributed by atoms with van der Waals surface area (Å²) in [5.74, 6) is 1.90. The Bertz CT molecular complexity index is 1320. The highest BCUT2D eigenvalue weighted by atomic mass is 16.5. The molecule has 0 aromatic heterocycles. The molecular weight excluding hydrogens is 544 g/mol. The maximum atomic E-state index is 12.9. The lowest BCUT2D eigenvalue weighted by molar-refractivity contribution is 0.0797. The monoisotopic (exact) mass is 588 g/mol. The van der Waals surface area contributed by atoms with Gasteiger partial charge in [-0.15, -0.1) is 0 Å². The topological polar surface area (TPSA) is 101 Å². The van der Waals surface area contributed by atoms with E-state index in [4.69, 9.17) is 14.2 Å². The molecule has 1 fully saturated rings. The number of methoxy groups -OCH3 is 1. The minimum atomic E-state index is -0.217. The Morgan fingerprint density at radius 1 is 0.884 bits per heavy atom. The SMILES string of the molecule is CCC(CC)NC(=O)Nc1ccc(Oc2ccc(NC(=O)c3ccc(OC4CCN(CCOC)CC4)cc3)cc2C)cc1. The van der Waals surface area contributed by atoms with Crippen LogP contribution in [0.15, 0.2) is 66.7 Å². The van der Waals surface area contributed by atoms with Crippen molar-refractivity contribution in [2.45, 2.75) is 58.6 Å². The summed E-state index contributed by atoms with van der Waals surface area (Å²) in [5, 5.41) is 8.77. The molecule has 3 amide bonds. The first-order valence-corrected chi connectivity index (χ1v) is 15.1. The minimum Gasteiger partial charge on any atom is -0.490 e. The van der Waals surface area contributed by atoms with Crippen LogP contribution in [0.4, 0.5) is 16.2 Å². The Hall–Kier alpha value is -4.08. The number of hydrogen-bond acceptors (Lipinski definition) is 6. The van der Waals surface area contributed by atoms with Gasteiger partial charge in [0.1, 0.15) is 23.4 Å². The summed E-state index contributed by atoms with van der Waals surface area (Å²) in [5.41, 5.74) is 2.80. The molecule has 0 radical (unpaired) electrons. The molecule has 0 saturated carbocycles. The fourth-order valence-electron chi connectivity index (χ4n) is 4.97. The van der Waals surface area contributed by atoms with Crippen molar-refractivity contribution < 1.29 is 23.8 Å². The van der Waals surface area contributed by atoms with Gasteiger partial charge >= 0.3 is 6.03 Å². The molecule has 3 N–H and O–H groups in total. The number of piperidine rings is 1. The predicted molar refractivity (Wildman–Crippen MR) is 171 cm³/mol. The van der Waals surface area contributed by atoms with E-state index in [9.17, 15) is 9.59 Å². The third-order valence-electron chi connectivity index (χ3n) is 7.66. The summed E-state index contributed by atoms with van der Waals surface area (Å²) >= 11 is 0. The molecule has 3 aromatic rings. The van der Waals surface area contributed by atoms with Crippen LogP contribution in [-0.4, -0.2) is 62.3 Å². The minimum absolute atomic E-state index is 0.156. The van der Waals surface area contributed by atoms with Crippen molar-refractivity contribution in [3.8, 4) is 17.2 Å². The number of nitrogens with zero attached hydrogens (tertiary/aromatic N) is 1. The summed E-state index contributed by atoms with van der Waals surface area (Å²) in [4.78, 5) is 27.5. The number of carbonyl (C=O) groups is 2. The van der Waals surface area contributed by atoms with Crippen molar-refractivity contribution in [2.75, 3.05) is 44.0 Å². The number of urea groups is 1. The first-order chi connectivity index (χ1) is 20.9. The first-order valence-electron chi connectivity index (χ1n) is 15.1. The Morgan fingerprint density at radius 3 is 2.16 bits per heavy atom. The Balaban J connectivity index is 1.25. The molecule has 0 bridgehead atoms. The van der Waals surface area contributed by atoms with E-state index in [1.54, 1.807) is 43.5 Å². The van der Waals surface area contributed by atoms with Gasteiger partial charge < -0.3 is 35.1 Å². The number of likely N-dealkylation sites (tertiary alicyclic amines) is 1. The molecule has 0 aliphatic carbocycles. The smallest absolute Gasteiger partial charge is 0.319 e. The van der Waals surface area contributed by atoms with E-state index in [1.165, 1.54) is 0 Å². The van der Waals surface area contributed by atoms with Crippen LogP contribution in [0.2, 0.25) is 0 Å². The summed E-state index contributed by atoms with van der Waals surface area (Å²) in [6, 6.07) is 20.0. The van der Waals surface area contributed by atoms with Crippen LogP contribution >= 0.6 is 0 Å². The van der Waals surface area contributed by atoms with Crippen LogP contribution in [0, 0.1) is 6.92 Å². The maximum Gasteiger partial charge on any atom is 0.319 e. The molecule has 3 aromatic carbocycles. The second-order valence-electron chi connectivity index (χ2n) is 10.8. The van der Waals surface area contributed by atoms with Crippen molar-refractivity contribution in [3.63, 3.8) is 0 Å². The highest BCUT2D eigenvalue weighted by Crippen LogP contribution is 2.29. The summed E-state index contributed by atoms with van der Waals surface area (Å²) in [6.07, 6.45) is 3.91. The lowest BCUT2D eigenvalue weighted by Crippen LogP contribution is -2.39. The quantitative estimate of drug-likeness (QED) is 0.202. The standard InChI is InChI=1S/C34H44N4O5/c1-5-26(6-2)36-34(40)37-27-9-14-30(15-10-27)43-32-16-11-28(23-24(32)3)35-33(39)25-7-12-29(13-8-25)42-31-17-19-38(20-18-31)21-22-41-4/h7-16,23,26,31H,5-6,17-22H2,1-4H3,(H,35,39)(H2,36,37,40). The number of hydrogen-bond donors (Lipinski definition) is 3. The van der Waals surface area contributed by atoms with Gasteiger partial charge in [-0.1, -0.05) is 13.8 Å². The zero-order chi connectivity index (χ0) is 30.6. The third kappa shape index (κ3) is 9.73. The lowest BCUT2D eigenvalue weighted by Gasteiger charge is -2.31. The average molecular weight is 589 g/mol. The van der Waals surface area contributed by atoms with Crippen LogP contribution < -0.4 is 25.4 Å². The number of benzene rings is 3. The van der Waals surface area contributed by atoms with Crippen molar-refractivity contribution in [3.05, 3.63) is 77.9 Å².